The number of aliphatic hydroxyl groups is 1. The van der Waals surface area contributed by atoms with E-state index in [4.69, 9.17) is 4.74 Å². The highest BCUT2D eigenvalue weighted by molar-refractivity contribution is 5.89. The molecular formula is C22H27F3N4O5. The number of hydrogen-bond acceptors (Lipinski definition) is 6. The molecule has 0 bridgehead atoms. The average Bonchev–Trinajstić information content (AvgIpc) is 2.71. The first-order valence-corrected chi connectivity index (χ1v) is 10.4. The van der Waals surface area contributed by atoms with Crippen LogP contribution in [0.1, 0.15) is 25.5 Å². The van der Waals surface area contributed by atoms with Crippen molar-refractivity contribution in [3.8, 4) is 5.75 Å². The third-order valence-electron chi connectivity index (χ3n) is 5.30. The zero-order valence-electron chi connectivity index (χ0n) is 19.2. The number of ether oxygens (including phenoxy) is 2. The molecule has 3 amide bonds. The molecule has 1 atom stereocenters. The number of rotatable bonds is 6. The van der Waals surface area contributed by atoms with Crippen molar-refractivity contribution in [2.45, 2.75) is 31.9 Å². The number of carbonyl (C=O) groups excluding carboxylic acids is 2. The number of likely N-dealkylation sites (N-methyl/N-ethyl adjacent to an activating group) is 1. The second-order valence-electron chi connectivity index (χ2n) is 8.46. The zero-order chi connectivity index (χ0) is 25.3. The lowest BCUT2D eigenvalue weighted by molar-refractivity contribution is -0.274. The van der Waals surface area contributed by atoms with Crippen molar-refractivity contribution in [2.24, 2.45) is 0 Å². The summed E-state index contributed by atoms with van der Waals surface area (Å²) in [6.07, 6.45) is -3.04. The molecule has 0 aromatic heterocycles. The van der Waals surface area contributed by atoms with E-state index in [1.165, 1.54) is 24.1 Å². The van der Waals surface area contributed by atoms with Gasteiger partial charge in [-0.3, -0.25) is 9.69 Å². The Labute approximate surface area is 194 Å². The van der Waals surface area contributed by atoms with Gasteiger partial charge in [-0.2, -0.15) is 0 Å². The largest absolute Gasteiger partial charge is 0.573 e. The summed E-state index contributed by atoms with van der Waals surface area (Å²) in [7, 11) is 3.17. The minimum absolute atomic E-state index is 0.0296. The number of alkyl halides is 3. The maximum absolute atomic E-state index is 13.3. The quantitative estimate of drug-likeness (QED) is 0.572. The normalized spacial score (nSPS) is 17.6. The summed E-state index contributed by atoms with van der Waals surface area (Å²) >= 11 is 0. The number of urea groups is 1. The lowest BCUT2D eigenvalue weighted by Crippen LogP contribution is -2.55. The summed E-state index contributed by atoms with van der Waals surface area (Å²) in [5.74, 6) is -0.408. The number of halogens is 3. The van der Waals surface area contributed by atoms with Crippen LogP contribution in [-0.2, 0) is 9.53 Å². The number of hydrogen-bond donors (Lipinski definition) is 3. The van der Waals surface area contributed by atoms with E-state index in [0.29, 0.717) is 29.2 Å². The van der Waals surface area contributed by atoms with Gasteiger partial charge in [0.25, 0.3) is 0 Å². The topological polar surface area (TPSA) is 103 Å². The summed E-state index contributed by atoms with van der Waals surface area (Å²) < 4.78 is 46.4. The minimum Gasteiger partial charge on any atom is -0.406 e. The van der Waals surface area contributed by atoms with Crippen LogP contribution in [-0.4, -0.2) is 72.7 Å². The SMILES string of the molecule is COCC(NC(=O)N1CC(=O)NC2=C1N(C)CC=C2C(C)(C)O)c1ccc(OC(F)(F)F)cc1. The highest BCUT2D eigenvalue weighted by Gasteiger charge is 2.39. The van der Waals surface area contributed by atoms with Crippen LogP contribution in [0.5, 0.6) is 5.75 Å². The molecule has 0 spiro atoms. The van der Waals surface area contributed by atoms with Crippen LogP contribution < -0.4 is 15.4 Å². The summed E-state index contributed by atoms with van der Waals surface area (Å²) in [6, 6.07) is 3.73. The Balaban J connectivity index is 1.87. The second kappa shape index (κ2) is 9.55. The lowest BCUT2D eigenvalue weighted by atomic mass is 9.91. The molecule has 3 rings (SSSR count). The number of methoxy groups -OCH3 is 1. The van der Waals surface area contributed by atoms with Gasteiger partial charge in [0.15, 0.2) is 0 Å². The van der Waals surface area contributed by atoms with Crippen molar-refractivity contribution in [3.63, 3.8) is 0 Å². The number of nitrogens with zero attached hydrogens (tertiary/aromatic N) is 2. The Morgan fingerprint density at radius 2 is 1.91 bits per heavy atom. The molecule has 0 saturated heterocycles. The maximum atomic E-state index is 13.3. The van der Waals surface area contributed by atoms with Crippen LogP contribution in [0.2, 0.25) is 0 Å². The summed E-state index contributed by atoms with van der Waals surface area (Å²) in [5, 5.41) is 16.1. The Kier molecular flexibility index (Phi) is 7.13. The van der Waals surface area contributed by atoms with E-state index in [1.54, 1.807) is 31.9 Å². The van der Waals surface area contributed by atoms with E-state index in [2.05, 4.69) is 15.4 Å². The molecule has 1 aromatic rings. The molecular weight excluding hydrogens is 457 g/mol. The van der Waals surface area contributed by atoms with Crippen molar-refractivity contribution in [1.82, 2.24) is 20.4 Å². The number of amides is 3. The first-order chi connectivity index (χ1) is 15.8. The van der Waals surface area contributed by atoms with Crippen LogP contribution in [0.3, 0.4) is 0 Å². The van der Waals surface area contributed by atoms with E-state index in [9.17, 15) is 27.9 Å². The Hall–Kier alpha value is -3.25. The van der Waals surface area contributed by atoms with Crippen LogP contribution in [0.25, 0.3) is 0 Å². The molecule has 2 heterocycles. The molecule has 0 aliphatic carbocycles. The lowest BCUT2D eigenvalue weighted by Gasteiger charge is -2.42. The third-order valence-corrected chi connectivity index (χ3v) is 5.30. The first-order valence-electron chi connectivity index (χ1n) is 10.4. The molecule has 0 fully saturated rings. The third kappa shape index (κ3) is 5.81. The molecule has 12 heteroatoms. The fourth-order valence-corrected chi connectivity index (χ4v) is 3.83. The van der Waals surface area contributed by atoms with E-state index in [-0.39, 0.29) is 13.2 Å². The summed E-state index contributed by atoms with van der Waals surface area (Å²) in [6.45, 7) is 3.34. The zero-order valence-corrected chi connectivity index (χ0v) is 19.2. The molecule has 2 aliphatic rings. The van der Waals surface area contributed by atoms with Gasteiger partial charge in [0, 0.05) is 26.3 Å². The van der Waals surface area contributed by atoms with E-state index < -0.39 is 35.7 Å². The van der Waals surface area contributed by atoms with Gasteiger partial charge >= 0.3 is 12.4 Å². The monoisotopic (exact) mass is 484 g/mol. The Morgan fingerprint density at radius 1 is 1.26 bits per heavy atom. The predicted octanol–water partition coefficient (Wildman–Crippen LogP) is 2.23. The first kappa shape index (κ1) is 25.4. The minimum atomic E-state index is -4.82. The van der Waals surface area contributed by atoms with Crippen LogP contribution in [0.4, 0.5) is 18.0 Å². The molecule has 34 heavy (non-hydrogen) atoms. The molecule has 3 N–H and O–H groups in total. The molecule has 186 valence electrons. The molecule has 2 aliphatic heterocycles. The summed E-state index contributed by atoms with van der Waals surface area (Å²) in [4.78, 5) is 28.7. The Bertz CT molecular complexity index is 999. The van der Waals surface area contributed by atoms with Gasteiger partial charge in [-0.25, -0.2) is 4.79 Å². The van der Waals surface area contributed by atoms with Crippen molar-refractivity contribution >= 4 is 11.9 Å². The fourth-order valence-electron chi connectivity index (χ4n) is 3.83. The highest BCUT2D eigenvalue weighted by Crippen LogP contribution is 2.32. The molecule has 9 nitrogen and oxygen atoms in total. The fraction of sp³-hybridized carbons (Fsp3) is 0.455. The molecule has 1 aromatic carbocycles. The maximum Gasteiger partial charge on any atom is 0.573 e. The van der Waals surface area contributed by atoms with Crippen molar-refractivity contribution < 1.29 is 37.3 Å². The van der Waals surface area contributed by atoms with Gasteiger partial charge in [0.1, 0.15) is 18.1 Å². The van der Waals surface area contributed by atoms with Crippen molar-refractivity contribution in [1.29, 1.82) is 0 Å². The molecule has 0 saturated carbocycles. The molecule has 0 radical (unpaired) electrons. The smallest absolute Gasteiger partial charge is 0.406 e. The number of nitrogens with one attached hydrogen (secondary N) is 2. The molecule has 1 unspecified atom stereocenters. The van der Waals surface area contributed by atoms with E-state index in [0.717, 1.165) is 12.1 Å². The van der Waals surface area contributed by atoms with E-state index >= 15 is 0 Å². The van der Waals surface area contributed by atoms with Crippen LogP contribution in [0.15, 0.2) is 47.4 Å². The van der Waals surface area contributed by atoms with Crippen LogP contribution in [0, 0.1) is 0 Å². The van der Waals surface area contributed by atoms with Crippen molar-refractivity contribution in [3.05, 3.63) is 53.0 Å². The second-order valence-corrected chi connectivity index (χ2v) is 8.46. The van der Waals surface area contributed by atoms with Gasteiger partial charge in [0.2, 0.25) is 5.91 Å². The van der Waals surface area contributed by atoms with Gasteiger partial charge in [-0.1, -0.05) is 18.2 Å². The standard InChI is InChI=1S/C22H27F3N4O5/c1-21(2,32)15-9-10-28(3)19-18(15)27-17(30)11-29(19)20(31)26-16(12-33-4)13-5-7-14(8-6-13)34-22(23,24)25/h5-9,16,32H,10-12H2,1-4H3,(H,26,31)(H,27,30). The van der Waals surface area contributed by atoms with Gasteiger partial charge in [-0.05, 0) is 31.5 Å². The van der Waals surface area contributed by atoms with E-state index in [1.807, 2.05) is 0 Å². The van der Waals surface area contributed by atoms with Crippen LogP contribution >= 0.6 is 0 Å². The van der Waals surface area contributed by atoms with Gasteiger partial charge in [-0.15, -0.1) is 13.2 Å². The summed E-state index contributed by atoms with van der Waals surface area (Å²) in [5.41, 5.74) is 0.0483. The Morgan fingerprint density at radius 3 is 2.47 bits per heavy atom. The van der Waals surface area contributed by atoms with Gasteiger partial charge in [0.05, 0.1) is 23.9 Å². The number of benzene rings is 1. The average molecular weight is 484 g/mol. The van der Waals surface area contributed by atoms with Gasteiger partial charge < -0.3 is 30.1 Å². The number of carbonyl (C=O) groups is 2. The van der Waals surface area contributed by atoms with Crippen molar-refractivity contribution in [2.75, 3.05) is 33.9 Å². The predicted molar refractivity (Wildman–Crippen MR) is 115 cm³/mol. The highest BCUT2D eigenvalue weighted by atomic mass is 19.4.